The van der Waals surface area contributed by atoms with Crippen molar-refractivity contribution in [3.8, 4) is 0 Å². The maximum atomic E-state index is 12.8. The van der Waals surface area contributed by atoms with Crippen LogP contribution in [0.25, 0.3) is 0 Å². The largest absolute Gasteiger partial charge is 0.381 e. The van der Waals surface area contributed by atoms with Crippen molar-refractivity contribution in [2.24, 2.45) is 0 Å². The number of nitrogens with zero attached hydrogens (tertiary/aromatic N) is 1. The van der Waals surface area contributed by atoms with Gasteiger partial charge in [-0.2, -0.15) is 0 Å². The predicted octanol–water partition coefficient (Wildman–Crippen LogP) is 2.51. The standard InChI is InChI=1S/C15H20FNO2/c1-19-14-6-9-17(10-7-14)11-8-15(18)12-2-4-13(16)5-3-12/h2-5,14H,6-11H2,1H3. The first-order chi connectivity index (χ1) is 9.19. The molecule has 0 saturated carbocycles. The number of benzene rings is 1. The van der Waals surface area contributed by atoms with Gasteiger partial charge < -0.3 is 9.64 Å². The van der Waals surface area contributed by atoms with Crippen LogP contribution in [-0.4, -0.2) is 43.5 Å². The number of ketones is 1. The van der Waals surface area contributed by atoms with Crippen LogP contribution in [0.15, 0.2) is 24.3 Å². The molecular weight excluding hydrogens is 245 g/mol. The average molecular weight is 265 g/mol. The summed E-state index contributed by atoms with van der Waals surface area (Å²) in [5.41, 5.74) is 0.591. The van der Waals surface area contributed by atoms with Gasteiger partial charge in [-0.25, -0.2) is 4.39 Å². The van der Waals surface area contributed by atoms with Crippen LogP contribution in [0.4, 0.5) is 4.39 Å². The van der Waals surface area contributed by atoms with Gasteiger partial charge in [0.05, 0.1) is 6.10 Å². The highest BCUT2D eigenvalue weighted by atomic mass is 19.1. The molecule has 104 valence electrons. The van der Waals surface area contributed by atoms with Gasteiger partial charge in [0, 0.05) is 38.7 Å². The molecule has 19 heavy (non-hydrogen) atoms. The van der Waals surface area contributed by atoms with E-state index in [0.717, 1.165) is 32.5 Å². The Morgan fingerprint density at radius 2 is 1.95 bits per heavy atom. The van der Waals surface area contributed by atoms with E-state index in [4.69, 9.17) is 4.74 Å². The summed E-state index contributed by atoms with van der Waals surface area (Å²) < 4.78 is 18.1. The topological polar surface area (TPSA) is 29.5 Å². The van der Waals surface area contributed by atoms with Crippen molar-refractivity contribution in [1.82, 2.24) is 4.90 Å². The average Bonchev–Trinajstić information content (AvgIpc) is 2.46. The van der Waals surface area contributed by atoms with Crippen molar-refractivity contribution >= 4 is 5.78 Å². The molecule has 0 radical (unpaired) electrons. The Hall–Kier alpha value is -1.26. The molecule has 1 saturated heterocycles. The number of methoxy groups -OCH3 is 1. The number of carbonyl (C=O) groups excluding carboxylic acids is 1. The monoisotopic (exact) mass is 265 g/mol. The Morgan fingerprint density at radius 3 is 2.53 bits per heavy atom. The van der Waals surface area contributed by atoms with Crippen molar-refractivity contribution in [2.75, 3.05) is 26.7 Å². The third kappa shape index (κ3) is 4.11. The maximum absolute atomic E-state index is 12.8. The number of ether oxygens (including phenoxy) is 1. The van der Waals surface area contributed by atoms with E-state index in [1.807, 2.05) is 0 Å². The van der Waals surface area contributed by atoms with Crippen molar-refractivity contribution in [2.45, 2.75) is 25.4 Å². The minimum atomic E-state index is -0.307. The molecule has 0 unspecified atom stereocenters. The first-order valence-corrected chi connectivity index (χ1v) is 6.73. The summed E-state index contributed by atoms with van der Waals surface area (Å²) in [6, 6.07) is 5.76. The summed E-state index contributed by atoms with van der Waals surface area (Å²) in [5.74, 6) is -0.230. The number of likely N-dealkylation sites (tertiary alicyclic amines) is 1. The fraction of sp³-hybridized carbons (Fsp3) is 0.533. The summed E-state index contributed by atoms with van der Waals surface area (Å²) in [4.78, 5) is 14.2. The van der Waals surface area contributed by atoms with E-state index >= 15 is 0 Å². The Morgan fingerprint density at radius 1 is 1.32 bits per heavy atom. The summed E-state index contributed by atoms with van der Waals surface area (Å²) in [6.45, 7) is 2.73. The molecule has 1 aromatic carbocycles. The summed E-state index contributed by atoms with van der Waals surface area (Å²) >= 11 is 0. The van der Waals surface area contributed by atoms with Crippen LogP contribution in [0.1, 0.15) is 29.6 Å². The predicted molar refractivity (Wildman–Crippen MR) is 71.8 cm³/mol. The van der Waals surface area contributed by atoms with Crippen LogP contribution in [0.2, 0.25) is 0 Å². The quantitative estimate of drug-likeness (QED) is 0.766. The zero-order chi connectivity index (χ0) is 13.7. The van der Waals surface area contributed by atoms with Crippen LogP contribution in [0.3, 0.4) is 0 Å². The van der Waals surface area contributed by atoms with Gasteiger partial charge in [-0.3, -0.25) is 4.79 Å². The molecule has 1 aliphatic heterocycles. The third-order valence-corrected chi connectivity index (χ3v) is 3.69. The third-order valence-electron chi connectivity index (χ3n) is 3.69. The van der Waals surface area contributed by atoms with E-state index < -0.39 is 0 Å². The first-order valence-electron chi connectivity index (χ1n) is 6.73. The number of Topliss-reactive ketones (excluding diaryl/α,β-unsaturated/α-hetero) is 1. The molecular formula is C15H20FNO2. The molecule has 0 bridgehead atoms. The van der Waals surface area contributed by atoms with E-state index in [0.29, 0.717) is 18.1 Å². The van der Waals surface area contributed by atoms with Gasteiger partial charge in [-0.15, -0.1) is 0 Å². The van der Waals surface area contributed by atoms with E-state index in [2.05, 4.69) is 4.90 Å². The van der Waals surface area contributed by atoms with Gasteiger partial charge in [0.1, 0.15) is 5.82 Å². The first kappa shape index (κ1) is 14.2. The number of hydrogen-bond donors (Lipinski definition) is 0. The molecule has 2 rings (SSSR count). The smallest absolute Gasteiger partial charge is 0.164 e. The number of halogens is 1. The minimum absolute atomic E-state index is 0.0777. The van der Waals surface area contributed by atoms with Gasteiger partial charge in [-0.1, -0.05) is 0 Å². The molecule has 1 aromatic rings. The van der Waals surface area contributed by atoms with Gasteiger partial charge in [0.15, 0.2) is 5.78 Å². The summed E-state index contributed by atoms with van der Waals surface area (Å²) in [7, 11) is 1.75. The normalized spacial score (nSPS) is 17.6. The summed E-state index contributed by atoms with van der Waals surface area (Å²) in [5, 5.41) is 0. The van der Waals surface area contributed by atoms with Crippen LogP contribution in [0, 0.1) is 5.82 Å². The molecule has 0 aliphatic carbocycles. The van der Waals surface area contributed by atoms with Gasteiger partial charge in [0.25, 0.3) is 0 Å². The minimum Gasteiger partial charge on any atom is -0.381 e. The van der Waals surface area contributed by atoms with Crippen molar-refractivity contribution < 1.29 is 13.9 Å². The number of piperidine rings is 1. The second-order valence-corrected chi connectivity index (χ2v) is 4.96. The fourth-order valence-corrected chi connectivity index (χ4v) is 2.41. The number of rotatable bonds is 5. The van der Waals surface area contributed by atoms with Crippen LogP contribution in [0.5, 0.6) is 0 Å². The lowest BCUT2D eigenvalue weighted by atomic mass is 10.1. The van der Waals surface area contributed by atoms with Crippen molar-refractivity contribution in [3.05, 3.63) is 35.6 Å². The second-order valence-electron chi connectivity index (χ2n) is 4.96. The van der Waals surface area contributed by atoms with E-state index in [-0.39, 0.29) is 11.6 Å². The zero-order valence-corrected chi connectivity index (χ0v) is 11.3. The lowest BCUT2D eigenvalue weighted by Crippen LogP contribution is -2.37. The molecule has 1 heterocycles. The maximum Gasteiger partial charge on any atom is 0.164 e. The van der Waals surface area contributed by atoms with Crippen molar-refractivity contribution in [1.29, 1.82) is 0 Å². The lowest BCUT2D eigenvalue weighted by molar-refractivity contribution is 0.0406. The molecule has 0 N–H and O–H groups in total. The Labute approximate surface area is 113 Å². The molecule has 1 fully saturated rings. The molecule has 3 nitrogen and oxygen atoms in total. The Bertz CT molecular complexity index is 411. The molecule has 1 aliphatic rings. The Balaban J connectivity index is 1.76. The highest BCUT2D eigenvalue weighted by Crippen LogP contribution is 2.14. The van der Waals surface area contributed by atoms with E-state index in [1.165, 1.54) is 12.1 Å². The van der Waals surface area contributed by atoms with Crippen LogP contribution >= 0.6 is 0 Å². The highest BCUT2D eigenvalue weighted by molar-refractivity contribution is 5.96. The van der Waals surface area contributed by atoms with E-state index in [9.17, 15) is 9.18 Å². The van der Waals surface area contributed by atoms with Crippen LogP contribution < -0.4 is 0 Å². The lowest BCUT2D eigenvalue weighted by Gasteiger charge is -2.30. The molecule has 0 amide bonds. The molecule has 0 spiro atoms. The van der Waals surface area contributed by atoms with Crippen LogP contribution in [-0.2, 0) is 4.74 Å². The second kappa shape index (κ2) is 6.78. The highest BCUT2D eigenvalue weighted by Gasteiger charge is 2.19. The van der Waals surface area contributed by atoms with Crippen molar-refractivity contribution in [3.63, 3.8) is 0 Å². The molecule has 0 aromatic heterocycles. The zero-order valence-electron chi connectivity index (χ0n) is 11.3. The molecule has 4 heteroatoms. The van der Waals surface area contributed by atoms with E-state index in [1.54, 1.807) is 19.2 Å². The van der Waals surface area contributed by atoms with Gasteiger partial charge in [0.2, 0.25) is 0 Å². The van der Waals surface area contributed by atoms with Gasteiger partial charge in [-0.05, 0) is 37.1 Å². The number of hydrogen-bond acceptors (Lipinski definition) is 3. The summed E-state index contributed by atoms with van der Waals surface area (Å²) in [6.07, 6.45) is 2.91. The van der Waals surface area contributed by atoms with Gasteiger partial charge >= 0.3 is 0 Å². The molecule has 0 atom stereocenters. The number of carbonyl (C=O) groups is 1. The Kier molecular flexibility index (Phi) is 5.05. The fourth-order valence-electron chi connectivity index (χ4n) is 2.41. The SMILES string of the molecule is COC1CCN(CCC(=O)c2ccc(F)cc2)CC1.